The Hall–Kier alpha value is -1.77. The SMILES string of the molecule is CCC(C#N)(CC)C(=O)NCCOC(N)=O. The summed E-state index contributed by atoms with van der Waals surface area (Å²) in [5.74, 6) is -0.340. The quantitative estimate of drug-likeness (QED) is 0.645. The maximum atomic E-state index is 11.7. The number of nitrogens with zero attached hydrogens (tertiary/aromatic N) is 1. The van der Waals surface area contributed by atoms with Gasteiger partial charge in [-0.25, -0.2) is 4.79 Å². The molecule has 0 aliphatic rings. The van der Waals surface area contributed by atoms with Crippen molar-refractivity contribution in [2.45, 2.75) is 26.7 Å². The molecule has 16 heavy (non-hydrogen) atoms. The molecule has 3 N–H and O–H groups in total. The predicted molar refractivity (Wildman–Crippen MR) is 57.2 cm³/mol. The lowest BCUT2D eigenvalue weighted by Gasteiger charge is -2.21. The highest BCUT2D eigenvalue weighted by molar-refractivity contribution is 5.85. The average molecular weight is 227 g/mol. The minimum atomic E-state index is -0.993. The van der Waals surface area contributed by atoms with Gasteiger partial charge in [0.25, 0.3) is 0 Å². The van der Waals surface area contributed by atoms with Crippen molar-refractivity contribution in [2.24, 2.45) is 11.1 Å². The van der Waals surface area contributed by atoms with Crippen LogP contribution in [-0.4, -0.2) is 25.2 Å². The van der Waals surface area contributed by atoms with Crippen LogP contribution in [0.15, 0.2) is 0 Å². The summed E-state index contributed by atoms with van der Waals surface area (Å²) in [5, 5.41) is 11.5. The zero-order chi connectivity index (χ0) is 12.6. The first kappa shape index (κ1) is 14.2. The molecule has 0 rings (SSSR count). The van der Waals surface area contributed by atoms with Crippen LogP contribution in [0.25, 0.3) is 0 Å². The summed E-state index contributed by atoms with van der Waals surface area (Å²) in [6, 6.07) is 2.02. The number of hydrogen-bond donors (Lipinski definition) is 2. The van der Waals surface area contributed by atoms with Gasteiger partial charge < -0.3 is 15.8 Å². The zero-order valence-corrected chi connectivity index (χ0v) is 9.58. The number of carbonyl (C=O) groups excluding carboxylic acids is 2. The molecule has 6 heteroatoms. The van der Waals surface area contributed by atoms with E-state index in [2.05, 4.69) is 10.1 Å². The summed E-state index contributed by atoms with van der Waals surface area (Å²) in [4.78, 5) is 21.9. The van der Waals surface area contributed by atoms with Gasteiger partial charge in [0, 0.05) is 0 Å². The molecule has 0 aromatic carbocycles. The molecule has 90 valence electrons. The van der Waals surface area contributed by atoms with E-state index >= 15 is 0 Å². The smallest absolute Gasteiger partial charge is 0.404 e. The Morgan fingerprint density at radius 1 is 1.44 bits per heavy atom. The fourth-order valence-electron chi connectivity index (χ4n) is 1.27. The van der Waals surface area contributed by atoms with Gasteiger partial charge in [-0.2, -0.15) is 5.26 Å². The Bertz CT molecular complexity index is 292. The van der Waals surface area contributed by atoms with Crippen LogP contribution < -0.4 is 11.1 Å². The van der Waals surface area contributed by atoms with E-state index in [1.165, 1.54) is 0 Å². The van der Waals surface area contributed by atoms with Crippen molar-refractivity contribution in [3.8, 4) is 6.07 Å². The van der Waals surface area contributed by atoms with Crippen LogP contribution in [0.3, 0.4) is 0 Å². The second kappa shape index (κ2) is 6.67. The Morgan fingerprint density at radius 2 is 2.00 bits per heavy atom. The van der Waals surface area contributed by atoms with E-state index in [1.807, 2.05) is 6.07 Å². The standard InChI is InChI=1S/C10H17N3O3/c1-3-10(4-2,7-11)8(14)13-5-6-16-9(12)15/h3-6H2,1-2H3,(H2,12,15)(H,13,14). The molecular weight excluding hydrogens is 210 g/mol. The average Bonchev–Trinajstić information content (AvgIpc) is 2.27. The van der Waals surface area contributed by atoms with Crippen LogP contribution in [0.1, 0.15) is 26.7 Å². The lowest BCUT2D eigenvalue weighted by atomic mass is 9.83. The van der Waals surface area contributed by atoms with E-state index in [0.29, 0.717) is 12.8 Å². The maximum Gasteiger partial charge on any atom is 0.404 e. The lowest BCUT2D eigenvalue weighted by Crippen LogP contribution is -2.41. The highest BCUT2D eigenvalue weighted by Gasteiger charge is 2.34. The largest absolute Gasteiger partial charge is 0.448 e. The molecular formula is C10H17N3O3. The molecule has 0 radical (unpaired) electrons. The molecule has 0 aromatic heterocycles. The highest BCUT2D eigenvalue weighted by atomic mass is 16.5. The van der Waals surface area contributed by atoms with Crippen molar-refractivity contribution >= 4 is 12.0 Å². The third kappa shape index (κ3) is 3.77. The Balaban J connectivity index is 4.14. The molecule has 6 nitrogen and oxygen atoms in total. The molecule has 0 saturated carbocycles. The van der Waals surface area contributed by atoms with Crippen LogP contribution in [-0.2, 0) is 9.53 Å². The van der Waals surface area contributed by atoms with Gasteiger partial charge in [-0.1, -0.05) is 13.8 Å². The number of carbonyl (C=O) groups is 2. The second-order valence-electron chi connectivity index (χ2n) is 3.32. The minimum Gasteiger partial charge on any atom is -0.448 e. The fraction of sp³-hybridized carbons (Fsp3) is 0.700. The maximum absolute atomic E-state index is 11.7. The summed E-state index contributed by atoms with van der Waals surface area (Å²) in [7, 11) is 0. The number of nitriles is 1. The molecule has 0 fully saturated rings. The van der Waals surface area contributed by atoms with Gasteiger partial charge in [0.15, 0.2) is 0 Å². The van der Waals surface area contributed by atoms with E-state index in [0.717, 1.165) is 0 Å². The van der Waals surface area contributed by atoms with Crippen molar-refractivity contribution in [2.75, 3.05) is 13.2 Å². The second-order valence-corrected chi connectivity index (χ2v) is 3.32. The number of amides is 2. The van der Waals surface area contributed by atoms with E-state index < -0.39 is 11.5 Å². The predicted octanol–water partition coefficient (Wildman–Crippen LogP) is 0.528. The molecule has 0 aromatic rings. The van der Waals surface area contributed by atoms with E-state index in [4.69, 9.17) is 11.0 Å². The van der Waals surface area contributed by atoms with E-state index in [-0.39, 0.29) is 19.1 Å². The number of primary amides is 1. The topological polar surface area (TPSA) is 105 Å². The van der Waals surface area contributed by atoms with Crippen LogP contribution in [0, 0.1) is 16.7 Å². The van der Waals surface area contributed by atoms with Gasteiger partial charge in [-0.3, -0.25) is 4.79 Å². The first-order chi connectivity index (χ1) is 7.52. The van der Waals surface area contributed by atoms with Gasteiger partial charge in [0.05, 0.1) is 12.6 Å². The van der Waals surface area contributed by atoms with Gasteiger partial charge in [-0.15, -0.1) is 0 Å². The van der Waals surface area contributed by atoms with E-state index in [9.17, 15) is 9.59 Å². The third-order valence-corrected chi connectivity index (χ3v) is 2.49. The monoisotopic (exact) mass is 227 g/mol. The number of nitrogens with two attached hydrogens (primary N) is 1. The van der Waals surface area contributed by atoms with Gasteiger partial charge >= 0.3 is 6.09 Å². The minimum absolute atomic E-state index is 0.00993. The molecule has 2 amide bonds. The lowest BCUT2D eigenvalue weighted by molar-refractivity contribution is -0.128. The first-order valence-electron chi connectivity index (χ1n) is 5.14. The highest BCUT2D eigenvalue weighted by Crippen LogP contribution is 2.25. The Morgan fingerprint density at radius 3 is 2.38 bits per heavy atom. The van der Waals surface area contributed by atoms with Gasteiger partial charge in [0.2, 0.25) is 5.91 Å². The fourth-order valence-corrected chi connectivity index (χ4v) is 1.27. The Kier molecular flexibility index (Phi) is 5.93. The zero-order valence-electron chi connectivity index (χ0n) is 9.58. The van der Waals surface area contributed by atoms with Crippen LogP contribution in [0.2, 0.25) is 0 Å². The number of hydrogen-bond acceptors (Lipinski definition) is 4. The molecule has 0 aliphatic heterocycles. The van der Waals surface area contributed by atoms with Gasteiger partial charge in [-0.05, 0) is 12.8 Å². The third-order valence-electron chi connectivity index (χ3n) is 2.49. The van der Waals surface area contributed by atoms with E-state index in [1.54, 1.807) is 13.8 Å². The van der Waals surface area contributed by atoms with Crippen molar-refractivity contribution in [3.63, 3.8) is 0 Å². The Labute approximate surface area is 94.7 Å². The van der Waals surface area contributed by atoms with Crippen molar-refractivity contribution in [1.29, 1.82) is 5.26 Å². The molecule has 0 atom stereocenters. The van der Waals surface area contributed by atoms with Crippen LogP contribution >= 0.6 is 0 Å². The summed E-state index contributed by atoms with van der Waals surface area (Å²) >= 11 is 0. The number of rotatable bonds is 6. The first-order valence-corrected chi connectivity index (χ1v) is 5.14. The number of nitrogens with one attached hydrogen (secondary N) is 1. The molecule has 0 aliphatic carbocycles. The normalized spacial score (nSPS) is 10.3. The van der Waals surface area contributed by atoms with Gasteiger partial charge in [0.1, 0.15) is 12.0 Å². The molecule has 0 bridgehead atoms. The van der Waals surface area contributed by atoms with Crippen molar-refractivity contribution in [1.82, 2.24) is 5.32 Å². The van der Waals surface area contributed by atoms with Crippen molar-refractivity contribution in [3.05, 3.63) is 0 Å². The summed E-state index contributed by atoms with van der Waals surface area (Å²) < 4.78 is 4.45. The molecule has 0 unspecified atom stereocenters. The van der Waals surface area contributed by atoms with Crippen LogP contribution in [0.4, 0.5) is 4.79 Å². The summed E-state index contributed by atoms with van der Waals surface area (Å²) in [5.41, 5.74) is 3.75. The number of ether oxygens (including phenoxy) is 1. The molecule has 0 saturated heterocycles. The van der Waals surface area contributed by atoms with Crippen LogP contribution in [0.5, 0.6) is 0 Å². The molecule has 0 heterocycles. The van der Waals surface area contributed by atoms with Crippen molar-refractivity contribution < 1.29 is 14.3 Å². The summed E-state index contributed by atoms with van der Waals surface area (Å²) in [6.07, 6.45) is 0.0113. The molecule has 0 spiro atoms. The summed E-state index contributed by atoms with van der Waals surface area (Å²) in [6.45, 7) is 3.74.